The maximum atomic E-state index is 13.6. The number of ether oxygens (including phenoxy) is 1. The Labute approximate surface area is 119 Å². The van der Waals surface area contributed by atoms with Crippen molar-refractivity contribution in [3.05, 3.63) is 29.6 Å². The summed E-state index contributed by atoms with van der Waals surface area (Å²) in [4.78, 5) is 11.7. The van der Waals surface area contributed by atoms with Crippen molar-refractivity contribution in [2.45, 2.75) is 13.3 Å². The number of halogens is 2. The SMILES string of the molecule is CCCNCCNC(=O)c1ccc(OC)cc1F.Cl. The molecular formula is C13H20ClFN2O2. The molecule has 0 aliphatic carbocycles. The van der Waals surface area contributed by atoms with E-state index in [0.717, 1.165) is 13.0 Å². The van der Waals surface area contributed by atoms with Crippen LogP contribution in [0, 0.1) is 5.82 Å². The molecule has 0 spiro atoms. The number of hydrogen-bond acceptors (Lipinski definition) is 3. The van der Waals surface area contributed by atoms with Gasteiger partial charge in [0.05, 0.1) is 12.7 Å². The van der Waals surface area contributed by atoms with Gasteiger partial charge in [-0.1, -0.05) is 6.92 Å². The van der Waals surface area contributed by atoms with Crippen molar-refractivity contribution in [2.24, 2.45) is 0 Å². The standard InChI is InChI=1S/C13H19FN2O2.ClH/c1-3-6-15-7-8-16-13(17)11-5-4-10(18-2)9-12(11)14;/h4-5,9,15H,3,6-8H2,1-2H3,(H,16,17);1H. The number of nitrogens with one attached hydrogen (secondary N) is 2. The Morgan fingerprint density at radius 3 is 2.63 bits per heavy atom. The summed E-state index contributed by atoms with van der Waals surface area (Å²) in [5.41, 5.74) is 0.0336. The molecule has 6 heteroatoms. The Balaban J connectivity index is 0.00000324. The number of carbonyl (C=O) groups is 1. The molecule has 1 aromatic rings. The lowest BCUT2D eigenvalue weighted by Crippen LogP contribution is -2.32. The van der Waals surface area contributed by atoms with Crippen LogP contribution in [0.15, 0.2) is 18.2 Å². The summed E-state index contributed by atoms with van der Waals surface area (Å²) in [6.07, 6.45) is 1.04. The number of carbonyl (C=O) groups excluding carboxylic acids is 1. The number of rotatable bonds is 7. The second kappa shape index (κ2) is 9.58. The molecule has 1 rings (SSSR count). The van der Waals surface area contributed by atoms with Crippen molar-refractivity contribution in [2.75, 3.05) is 26.7 Å². The number of amides is 1. The van der Waals surface area contributed by atoms with E-state index in [1.54, 1.807) is 6.07 Å². The van der Waals surface area contributed by atoms with Gasteiger partial charge in [-0.25, -0.2) is 4.39 Å². The summed E-state index contributed by atoms with van der Waals surface area (Å²) >= 11 is 0. The molecule has 0 aliphatic heterocycles. The number of hydrogen-bond donors (Lipinski definition) is 2. The Morgan fingerprint density at radius 2 is 2.05 bits per heavy atom. The highest BCUT2D eigenvalue weighted by atomic mass is 35.5. The van der Waals surface area contributed by atoms with Crippen molar-refractivity contribution >= 4 is 18.3 Å². The second-order valence-corrected chi connectivity index (χ2v) is 3.85. The van der Waals surface area contributed by atoms with Gasteiger partial charge >= 0.3 is 0 Å². The van der Waals surface area contributed by atoms with Gasteiger partial charge in [-0.3, -0.25) is 4.79 Å². The first kappa shape index (κ1) is 17.7. The van der Waals surface area contributed by atoms with Crippen LogP contribution in [0.5, 0.6) is 5.75 Å². The maximum Gasteiger partial charge on any atom is 0.254 e. The average Bonchev–Trinajstić information content (AvgIpc) is 2.38. The van der Waals surface area contributed by atoms with Crippen LogP contribution in [-0.2, 0) is 0 Å². The summed E-state index contributed by atoms with van der Waals surface area (Å²) in [6.45, 7) is 4.13. The van der Waals surface area contributed by atoms with Gasteiger partial charge in [0.25, 0.3) is 5.91 Å². The van der Waals surface area contributed by atoms with Crippen molar-refractivity contribution in [1.29, 1.82) is 0 Å². The van der Waals surface area contributed by atoms with Crippen LogP contribution in [0.1, 0.15) is 23.7 Å². The van der Waals surface area contributed by atoms with Gasteiger partial charge in [0.2, 0.25) is 0 Å². The van der Waals surface area contributed by atoms with E-state index in [0.29, 0.717) is 18.8 Å². The quantitative estimate of drug-likeness (QED) is 0.755. The van der Waals surface area contributed by atoms with Gasteiger partial charge in [0, 0.05) is 19.2 Å². The van der Waals surface area contributed by atoms with Crippen LogP contribution in [0.25, 0.3) is 0 Å². The monoisotopic (exact) mass is 290 g/mol. The first-order valence-corrected chi connectivity index (χ1v) is 6.01. The zero-order valence-electron chi connectivity index (χ0n) is 11.2. The molecule has 1 amide bonds. The molecule has 2 N–H and O–H groups in total. The summed E-state index contributed by atoms with van der Waals surface area (Å²) in [5, 5.41) is 5.80. The van der Waals surface area contributed by atoms with Gasteiger partial charge in [-0.2, -0.15) is 0 Å². The Kier molecular flexibility index (Phi) is 8.91. The predicted octanol–water partition coefficient (Wildman–Crippen LogP) is 1.99. The Bertz CT molecular complexity index is 402. The lowest BCUT2D eigenvalue weighted by atomic mass is 10.2. The Morgan fingerprint density at radius 1 is 1.32 bits per heavy atom. The molecule has 0 aliphatic rings. The predicted molar refractivity (Wildman–Crippen MR) is 75.7 cm³/mol. The number of methoxy groups -OCH3 is 1. The lowest BCUT2D eigenvalue weighted by Gasteiger charge is -2.07. The van der Waals surface area contributed by atoms with Crippen LogP contribution in [0.2, 0.25) is 0 Å². The molecule has 108 valence electrons. The molecule has 0 unspecified atom stereocenters. The molecule has 0 heterocycles. The molecule has 0 saturated heterocycles. The van der Waals surface area contributed by atoms with E-state index in [4.69, 9.17) is 4.74 Å². The van der Waals surface area contributed by atoms with Crippen LogP contribution in [0.4, 0.5) is 4.39 Å². The van der Waals surface area contributed by atoms with E-state index in [2.05, 4.69) is 17.6 Å². The van der Waals surface area contributed by atoms with E-state index < -0.39 is 11.7 Å². The van der Waals surface area contributed by atoms with Crippen molar-refractivity contribution < 1.29 is 13.9 Å². The second-order valence-electron chi connectivity index (χ2n) is 3.85. The van der Waals surface area contributed by atoms with Gasteiger partial charge < -0.3 is 15.4 Å². The summed E-state index contributed by atoms with van der Waals surface area (Å²) < 4.78 is 18.4. The van der Waals surface area contributed by atoms with E-state index in [1.807, 2.05) is 0 Å². The van der Waals surface area contributed by atoms with Gasteiger partial charge in [0.1, 0.15) is 11.6 Å². The van der Waals surface area contributed by atoms with Crippen LogP contribution >= 0.6 is 12.4 Å². The topological polar surface area (TPSA) is 50.4 Å². The minimum Gasteiger partial charge on any atom is -0.497 e. The molecule has 0 fully saturated rings. The first-order valence-electron chi connectivity index (χ1n) is 6.01. The molecule has 0 bridgehead atoms. The van der Waals surface area contributed by atoms with Crippen LogP contribution in [0.3, 0.4) is 0 Å². The van der Waals surface area contributed by atoms with Crippen molar-refractivity contribution in [1.82, 2.24) is 10.6 Å². The third kappa shape index (κ3) is 5.89. The summed E-state index contributed by atoms with van der Waals surface area (Å²) in [7, 11) is 1.45. The van der Waals surface area contributed by atoms with Gasteiger partial charge in [0.15, 0.2) is 0 Å². The largest absolute Gasteiger partial charge is 0.497 e. The van der Waals surface area contributed by atoms with Crippen molar-refractivity contribution in [3.63, 3.8) is 0 Å². The molecule has 19 heavy (non-hydrogen) atoms. The van der Waals surface area contributed by atoms with Crippen LogP contribution < -0.4 is 15.4 Å². The third-order valence-electron chi connectivity index (χ3n) is 2.43. The van der Waals surface area contributed by atoms with E-state index in [9.17, 15) is 9.18 Å². The highest BCUT2D eigenvalue weighted by Gasteiger charge is 2.11. The molecular weight excluding hydrogens is 271 g/mol. The van der Waals surface area contributed by atoms with Crippen LogP contribution in [-0.4, -0.2) is 32.7 Å². The molecule has 4 nitrogen and oxygen atoms in total. The van der Waals surface area contributed by atoms with E-state index in [-0.39, 0.29) is 18.0 Å². The number of benzene rings is 1. The smallest absolute Gasteiger partial charge is 0.254 e. The average molecular weight is 291 g/mol. The van der Waals surface area contributed by atoms with Gasteiger partial charge in [-0.05, 0) is 25.1 Å². The molecule has 0 aromatic heterocycles. The van der Waals surface area contributed by atoms with Crippen molar-refractivity contribution in [3.8, 4) is 5.75 Å². The van der Waals surface area contributed by atoms with Gasteiger partial charge in [-0.15, -0.1) is 12.4 Å². The molecule has 1 aromatic carbocycles. The maximum absolute atomic E-state index is 13.6. The highest BCUT2D eigenvalue weighted by Crippen LogP contribution is 2.15. The Hall–Kier alpha value is -1.33. The van der Waals surface area contributed by atoms with E-state index in [1.165, 1.54) is 19.2 Å². The summed E-state index contributed by atoms with van der Waals surface area (Å²) in [5.74, 6) is -0.588. The zero-order valence-corrected chi connectivity index (χ0v) is 12.0. The normalized spacial score (nSPS) is 9.63. The molecule has 0 atom stereocenters. The fraction of sp³-hybridized carbons (Fsp3) is 0.462. The fourth-order valence-corrected chi connectivity index (χ4v) is 1.47. The highest BCUT2D eigenvalue weighted by molar-refractivity contribution is 5.94. The molecule has 0 radical (unpaired) electrons. The minimum absolute atomic E-state index is 0. The third-order valence-corrected chi connectivity index (χ3v) is 2.43. The zero-order chi connectivity index (χ0) is 13.4. The summed E-state index contributed by atoms with van der Waals surface area (Å²) in [6, 6.07) is 4.18. The lowest BCUT2D eigenvalue weighted by molar-refractivity contribution is 0.0950. The fourth-order valence-electron chi connectivity index (χ4n) is 1.47. The first-order chi connectivity index (χ1) is 8.69. The minimum atomic E-state index is -0.576. The van der Waals surface area contributed by atoms with E-state index >= 15 is 0 Å². The molecule has 0 saturated carbocycles.